The summed E-state index contributed by atoms with van der Waals surface area (Å²) in [6.07, 6.45) is 4.08. The van der Waals surface area contributed by atoms with E-state index in [4.69, 9.17) is 0 Å². The predicted octanol–water partition coefficient (Wildman–Crippen LogP) is 1.72. The highest BCUT2D eigenvalue weighted by molar-refractivity contribution is 5.80. The molecule has 0 bridgehead atoms. The van der Waals surface area contributed by atoms with Crippen LogP contribution in [0.4, 0.5) is 0 Å². The summed E-state index contributed by atoms with van der Waals surface area (Å²) in [6, 6.07) is 14.8. The number of pyridine rings is 1. The number of nitrogens with zero attached hydrogens (tertiary/aromatic N) is 4. The van der Waals surface area contributed by atoms with Crippen molar-refractivity contribution in [3.8, 4) is 11.3 Å². The molecule has 2 fully saturated rings. The van der Waals surface area contributed by atoms with Gasteiger partial charge in [-0.1, -0.05) is 24.3 Å². The second kappa shape index (κ2) is 9.71. The molecule has 7 nitrogen and oxygen atoms in total. The second-order valence-corrected chi connectivity index (χ2v) is 7.92. The molecule has 2 aromatic rings. The molecule has 1 aliphatic carbocycles. The number of hydrogen-bond donors (Lipinski definition) is 2. The zero-order valence-corrected chi connectivity index (χ0v) is 17.6. The molecular formula is C23H30N6O. The number of aromatic nitrogens is 1. The Balaban J connectivity index is 1.27. The summed E-state index contributed by atoms with van der Waals surface area (Å²) in [6.45, 7) is 4.67. The van der Waals surface area contributed by atoms with E-state index in [9.17, 15) is 4.79 Å². The molecule has 30 heavy (non-hydrogen) atoms. The molecule has 1 saturated carbocycles. The standard InChI is InChI=1S/C23H30N6O/c1-24-23(29-13-11-28(12-14-29)17-22(30)27-20-8-9-20)26-16-18-5-4-6-19(15-18)21-7-2-3-10-25-21/h2-7,10,15,20H,8-9,11-14,16-17H2,1H3,(H,24,26)(H,27,30). The number of carbonyl (C=O) groups excluding carboxylic acids is 1. The third-order valence-electron chi connectivity index (χ3n) is 5.53. The maximum Gasteiger partial charge on any atom is 0.234 e. The lowest BCUT2D eigenvalue weighted by Crippen LogP contribution is -2.54. The Bertz CT molecular complexity index is 872. The number of hydrogen-bond acceptors (Lipinski definition) is 4. The summed E-state index contributed by atoms with van der Waals surface area (Å²) >= 11 is 0. The molecule has 1 amide bonds. The molecule has 0 atom stereocenters. The Morgan fingerprint density at radius 2 is 1.97 bits per heavy atom. The minimum absolute atomic E-state index is 0.154. The van der Waals surface area contributed by atoms with Crippen molar-refractivity contribution in [1.29, 1.82) is 0 Å². The van der Waals surface area contributed by atoms with Crippen molar-refractivity contribution >= 4 is 11.9 Å². The summed E-state index contributed by atoms with van der Waals surface area (Å²) < 4.78 is 0. The molecule has 7 heteroatoms. The largest absolute Gasteiger partial charge is 0.352 e. The Labute approximate surface area is 178 Å². The Kier molecular flexibility index (Phi) is 6.59. The maximum absolute atomic E-state index is 12.0. The molecule has 1 aromatic heterocycles. The quantitative estimate of drug-likeness (QED) is 0.565. The average Bonchev–Trinajstić information content (AvgIpc) is 3.60. The van der Waals surface area contributed by atoms with Gasteiger partial charge < -0.3 is 15.5 Å². The van der Waals surface area contributed by atoms with E-state index in [-0.39, 0.29) is 5.91 Å². The highest BCUT2D eigenvalue weighted by atomic mass is 16.2. The van der Waals surface area contributed by atoms with Crippen LogP contribution in [0.25, 0.3) is 11.3 Å². The fourth-order valence-electron chi connectivity index (χ4n) is 3.71. The number of amides is 1. The third-order valence-corrected chi connectivity index (χ3v) is 5.53. The number of aliphatic imine (C=N–C) groups is 1. The van der Waals surface area contributed by atoms with E-state index >= 15 is 0 Å². The number of carbonyl (C=O) groups is 1. The lowest BCUT2D eigenvalue weighted by atomic mass is 10.1. The second-order valence-electron chi connectivity index (χ2n) is 7.92. The van der Waals surface area contributed by atoms with Crippen molar-refractivity contribution in [2.24, 2.45) is 4.99 Å². The molecule has 0 unspecified atom stereocenters. The van der Waals surface area contributed by atoms with Crippen LogP contribution in [0.3, 0.4) is 0 Å². The van der Waals surface area contributed by atoms with E-state index in [1.165, 1.54) is 5.56 Å². The first-order valence-corrected chi connectivity index (χ1v) is 10.7. The van der Waals surface area contributed by atoms with E-state index in [0.29, 0.717) is 19.1 Å². The van der Waals surface area contributed by atoms with Gasteiger partial charge in [0.2, 0.25) is 5.91 Å². The monoisotopic (exact) mass is 406 g/mol. The third kappa shape index (κ3) is 5.57. The molecule has 1 aromatic carbocycles. The van der Waals surface area contributed by atoms with Crippen LogP contribution in [0, 0.1) is 0 Å². The van der Waals surface area contributed by atoms with Crippen molar-refractivity contribution in [2.45, 2.75) is 25.4 Å². The van der Waals surface area contributed by atoms with Gasteiger partial charge in [-0.25, -0.2) is 0 Å². The fourth-order valence-corrected chi connectivity index (χ4v) is 3.71. The molecule has 0 spiro atoms. The zero-order chi connectivity index (χ0) is 20.8. The number of piperazine rings is 1. The van der Waals surface area contributed by atoms with Gasteiger partial charge in [0.25, 0.3) is 0 Å². The zero-order valence-electron chi connectivity index (χ0n) is 17.6. The van der Waals surface area contributed by atoms with Gasteiger partial charge in [0.15, 0.2) is 5.96 Å². The van der Waals surface area contributed by atoms with Gasteiger partial charge in [-0.15, -0.1) is 0 Å². The van der Waals surface area contributed by atoms with Crippen molar-refractivity contribution in [2.75, 3.05) is 39.8 Å². The Morgan fingerprint density at radius 1 is 1.13 bits per heavy atom. The first-order chi connectivity index (χ1) is 14.7. The molecule has 1 aliphatic heterocycles. The number of guanidine groups is 1. The van der Waals surface area contributed by atoms with E-state index in [1.54, 1.807) is 0 Å². The first kappa shape index (κ1) is 20.3. The number of rotatable bonds is 6. The van der Waals surface area contributed by atoms with Crippen LogP contribution in [0.5, 0.6) is 0 Å². The van der Waals surface area contributed by atoms with Crippen molar-refractivity contribution < 1.29 is 4.79 Å². The molecule has 1 saturated heterocycles. The molecule has 0 radical (unpaired) electrons. The van der Waals surface area contributed by atoms with Gasteiger partial charge in [-0.2, -0.15) is 0 Å². The summed E-state index contributed by atoms with van der Waals surface area (Å²) in [7, 11) is 1.82. The minimum atomic E-state index is 0.154. The van der Waals surface area contributed by atoms with Crippen LogP contribution in [0.15, 0.2) is 53.7 Å². The minimum Gasteiger partial charge on any atom is -0.352 e. The number of benzene rings is 1. The normalized spacial score (nSPS) is 17.6. The topological polar surface area (TPSA) is 72.9 Å². The van der Waals surface area contributed by atoms with Crippen molar-refractivity contribution in [3.63, 3.8) is 0 Å². The van der Waals surface area contributed by atoms with Gasteiger partial charge in [-0.3, -0.25) is 19.7 Å². The Morgan fingerprint density at radius 3 is 2.67 bits per heavy atom. The number of nitrogens with one attached hydrogen (secondary N) is 2. The lowest BCUT2D eigenvalue weighted by Gasteiger charge is -2.36. The van der Waals surface area contributed by atoms with E-state index in [2.05, 4.69) is 54.7 Å². The van der Waals surface area contributed by atoms with Gasteiger partial charge >= 0.3 is 0 Å². The van der Waals surface area contributed by atoms with Crippen LogP contribution in [0.2, 0.25) is 0 Å². The lowest BCUT2D eigenvalue weighted by molar-refractivity contribution is -0.122. The van der Waals surface area contributed by atoms with Gasteiger partial charge in [0.1, 0.15) is 0 Å². The van der Waals surface area contributed by atoms with Crippen LogP contribution in [0.1, 0.15) is 18.4 Å². The molecule has 4 rings (SSSR count). The molecule has 2 N–H and O–H groups in total. The maximum atomic E-state index is 12.0. The van der Waals surface area contributed by atoms with Crippen LogP contribution >= 0.6 is 0 Å². The smallest absolute Gasteiger partial charge is 0.234 e. The molecule has 2 heterocycles. The highest BCUT2D eigenvalue weighted by Crippen LogP contribution is 2.19. The molecule has 2 aliphatic rings. The highest BCUT2D eigenvalue weighted by Gasteiger charge is 2.25. The van der Waals surface area contributed by atoms with E-state index in [0.717, 1.165) is 56.2 Å². The van der Waals surface area contributed by atoms with Crippen molar-refractivity contribution in [1.82, 2.24) is 25.4 Å². The van der Waals surface area contributed by atoms with Crippen LogP contribution < -0.4 is 10.6 Å². The summed E-state index contributed by atoms with van der Waals surface area (Å²) in [5, 5.41) is 6.55. The molecule has 158 valence electrons. The molecular weight excluding hydrogens is 376 g/mol. The van der Waals surface area contributed by atoms with Gasteiger partial charge in [0.05, 0.1) is 12.2 Å². The van der Waals surface area contributed by atoms with Crippen LogP contribution in [-0.4, -0.2) is 72.5 Å². The van der Waals surface area contributed by atoms with Crippen LogP contribution in [-0.2, 0) is 11.3 Å². The summed E-state index contributed by atoms with van der Waals surface area (Å²) in [4.78, 5) is 25.4. The first-order valence-electron chi connectivity index (χ1n) is 10.7. The SMILES string of the molecule is CN=C(NCc1cccc(-c2ccccn2)c1)N1CCN(CC(=O)NC2CC2)CC1. The Hall–Kier alpha value is -2.93. The predicted molar refractivity (Wildman–Crippen MR) is 119 cm³/mol. The van der Waals surface area contributed by atoms with E-state index < -0.39 is 0 Å². The summed E-state index contributed by atoms with van der Waals surface area (Å²) in [5.74, 6) is 1.06. The van der Waals surface area contributed by atoms with Gasteiger partial charge in [0, 0.05) is 57.6 Å². The van der Waals surface area contributed by atoms with E-state index in [1.807, 2.05) is 31.4 Å². The van der Waals surface area contributed by atoms with Crippen molar-refractivity contribution in [3.05, 3.63) is 54.2 Å². The summed E-state index contributed by atoms with van der Waals surface area (Å²) in [5.41, 5.74) is 3.28. The fraction of sp³-hybridized carbons (Fsp3) is 0.435. The van der Waals surface area contributed by atoms with Gasteiger partial charge in [-0.05, 0) is 36.6 Å². The average molecular weight is 407 g/mol.